The van der Waals surface area contributed by atoms with Crippen molar-refractivity contribution in [1.82, 2.24) is 4.90 Å². The number of likely N-dealkylation sites (N-methyl/N-ethyl adjacent to an activating group) is 1. The van der Waals surface area contributed by atoms with Crippen molar-refractivity contribution < 1.29 is 14.6 Å². The first-order valence-electron chi connectivity index (χ1n) is 4.83. The molecule has 0 aromatic carbocycles. The van der Waals surface area contributed by atoms with E-state index in [2.05, 4.69) is 4.74 Å². The van der Waals surface area contributed by atoms with Crippen LogP contribution >= 0.6 is 0 Å². The van der Waals surface area contributed by atoms with Crippen LogP contribution in [0.1, 0.15) is 26.7 Å². The summed E-state index contributed by atoms with van der Waals surface area (Å²) in [6.07, 6.45) is 1.19. The molecule has 0 atom stereocenters. The molecule has 4 heteroatoms. The molecule has 0 spiro atoms. The predicted molar refractivity (Wildman–Crippen MR) is 55.0 cm³/mol. The molecule has 0 amide bonds. The van der Waals surface area contributed by atoms with Crippen LogP contribution in [0.4, 0.5) is 0 Å². The Balaban J connectivity index is 3.74. The largest absolute Gasteiger partial charge is 0.469 e. The highest BCUT2D eigenvalue weighted by Gasteiger charge is 2.21. The number of aliphatic hydroxyl groups is 1. The fourth-order valence-corrected chi connectivity index (χ4v) is 0.986. The maximum absolute atomic E-state index is 10.8. The van der Waals surface area contributed by atoms with Gasteiger partial charge >= 0.3 is 5.97 Å². The first kappa shape index (κ1) is 13.4. The first-order chi connectivity index (χ1) is 6.44. The minimum atomic E-state index is -0.226. The van der Waals surface area contributed by atoms with Crippen LogP contribution < -0.4 is 0 Å². The molecule has 0 saturated heterocycles. The van der Waals surface area contributed by atoms with Gasteiger partial charge in [0.1, 0.15) is 0 Å². The second-order valence-corrected chi connectivity index (χ2v) is 4.07. The van der Waals surface area contributed by atoms with Crippen molar-refractivity contribution in [1.29, 1.82) is 0 Å². The maximum atomic E-state index is 10.8. The molecule has 0 radical (unpaired) electrons. The summed E-state index contributed by atoms with van der Waals surface area (Å²) in [4.78, 5) is 12.9. The third kappa shape index (κ3) is 4.58. The molecule has 0 saturated carbocycles. The van der Waals surface area contributed by atoms with Gasteiger partial charge in [-0.15, -0.1) is 0 Å². The van der Waals surface area contributed by atoms with Crippen LogP contribution in [0.3, 0.4) is 0 Å². The van der Waals surface area contributed by atoms with Crippen molar-refractivity contribution >= 4 is 5.97 Å². The summed E-state index contributed by atoms with van der Waals surface area (Å²) >= 11 is 0. The van der Waals surface area contributed by atoms with E-state index in [1.54, 1.807) is 0 Å². The molecule has 0 aliphatic rings. The number of rotatable bonds is 6. The van der Waals surface area contributed by atoms with Gasteiger partial charge in [-0.1, -0.05) is 0 Å². The molecule has 84 valence electrons. The molecule has 0 unspecified atom stereocenters. The smallest absolute Gasteiger partial charge is 0.305 e. The van der Waals surface area contributed by atoms with Crippen LogP contribution in [0.15, 0.2) is 0 Å². The van der Waals surface area contributed by atoms with Crippen molar-refractivity contribution in [3.8, 4) is 0 Å². The molecule has 0 aliphatic carbocycles. The Morgan fingerprint density at radius 3 is 2.50 bits per heavy atom. The Bertz CT molecular complexity index is 180. The van der Waals surface area contributed by atoms with Gasteiger partial charge in [0.05, 0.1) is 13.7 Å². The third-order valence-electron chi connectivity index (χ3n) is 2.52. The van der Waals surface area contributed by atoms with Gasteiger partial charge in [0.25, 0.3) is 0 Å². The zero-order chi connectivity index (χ0) is 11.2. The lowest BCUT2D eigenvalue weighted by atomic mass is 10.0. The second-order valence-electron chi connectivity index (χ2n) is 4.07. The normalized spacial score (nSPS) is 11.9. The van der Waals surface area contributed by atoms with Crippen LogP contribution in [-0.2, 0) is 9.53 Å². The van der Waals surface area contributed by atoms with Gasteiger partial charge in [-0.25, -0.2) is 0 Å². The van der Waals surface area contributed by atoms with Gasteiger partial charge in [0, 0.05) is 12.0 Å². The van der Waals surface area contributed by atoms with E-state index in [1.807, 2.05) is 25.8 Å². The van der Waals surface area contributed by atoms with Crippen molar-refractivity contribution in [3.63, 3.8) is 0 Å². The number of hydrogen-bond donors (Lipinski definition) is 1. The van der Waals surface area contributed by atoms with E-state index in [-0.39, 0.29) is 18.1 Å². The highest BCUT2D eigenvalue weighted by molar-refractivity contribution is 5.69. The monoisotopic (exact) mass is 203 g/mol. The Morgan fingerprint density at radius 1 is 1.50 bits per heavy atom. The van der Waals surface area contributed by atoms with E-state index >= 15 is 0 Å². The second kappa shape index (κ2) is 5.98. The van der Waals surface area contributed by atoms with Gasteiger partial charge in [0.15, 0.2) is 0 Å². The number of carbonyl (C=O) groups excluding carboxylic acids is 1. The molecule has 4 nitrogen and oxygen atoms in total. The summed E-state index contributed by atoms with van der Waals surface area (Å²) in [6.45, 7) is 4.82. The summed E-state index contributed by atoms with van der Waals surface area (Å²) in [5.41, 5.74) is -0.226. The van der Waals surface area contributed by atoms with Crippen molar-refractivity contribution in [2.75, 3.05) is 27.3 Å². The molecule has 0 rings (SSSR count). The van der Waals surface area contributed by atoms with Gasteiger partial charge in [-0.05, 0) is 33.9 Å². The Hall–Kier alpha value is -0.610. The fraction of sp³-hybridized carbons (Fsp3) is 0.900. The van der Waals surface area contributed by atoms with Crippen LogP contribution in [-0.4, -0.2) is 48.8 Å². The van der Waals surface area contributed by atoms with Gasteiger partial charge in [-0.2, -0.15) is 0 Å². The van der Waals surface area contributed by atoms with Crippen LogP contribution in [0.5, 0.6) is 0 Å². The fourth-order valence-electron chi connectivity index (χ4n) is 0.986. The number of methoxy groups -OCH3 is 1. The van der Waals surface area contributed by atoms with E-state index in [0.717, 1.165) is 13.0 Å². The number of hydrogen-bond acceptors (Lipinski definition) is 4. The topological polar surface area (TPSA) is 49.8 Å². The zero-order valence-electron chi connectivity index (χ0n) is 9.54. The molecule has 0 fully saturated rings. The molecule has 0 heterocycles. The molecule has 1 N–H and O–H groups in total. The van der Waals surface area contributed by atoms with Gasteiger partial charge in [-0.3, -0.25) is 9.69 Å². The highest BCUT2D eigenvalue weighted by atomic mass is 16.5. The van der Waals surface area contributed by atoms with E-state index in [1.165, 1.54) is 7.11 Å². The van der Waals surface area contributed by atoms with Crippen LogP contribution in [0.2, 0.25) is 0 Å². The third-order valence-corrected chi connectivity index (χ3v) is 2.52. The zero-order valence-corrected chi connectivity index (χ0v) is 9.54. The number of ether oxygens (including phenoxy) is 1. The quantitative estimate of drug-likeness (QED) is 0.644. The molecule has 0 aromatic rings. The van der Waals surface area contributed by atoms with Crippen LogP contribution in [0.25, 0.3) is 0 Å². The van der Waals surface area contributed by atoms with E-state index in [0.29, 0.717) is 6.42 Å². The Labute approximate surface area is 85.9 Å². The molecular formula is C10H21NO3. The summed E-state index contributed by atoms with van der Waals surface area (Å²) < 4.78 is 4.54. The Morgan fingerprint density at radius 2 is 2.07 bits per heavy atom. The van der Waals surface area contributed by atoms with Gasteiger partial charge < -0.3 is 9.84 Å². The lowest BCUT2D eigenvalue weighted by Crippen LogP contribution is -2.44. The SMILES string of the molecule is COC(=O)CCCN(C)C(C)(C)CO. The molecular weight excluding hydrogens is 182 g/mol. The van der Waals surface area contributed by atoms with Gasteiger partial charge in [0.2, 0.25) is 0 Å². The van der Waals surface area contributed by atoms with E-state index < -0.39 is 0 Å². The average Bonchev–Trinajstić information content (AvgIpc) is 2.17. The minimum absolute atomic E-state index is 0.113. The van der Waals surface area contributed by atoms with Crippen molar-refractivity contribution in [2.45, 2.75) is 32.2 Å². The summed E-state index contributed by atoms with van der Waals surface area (Å²) in [6, 6.07) is 0. The molecule has 0 aliphatic heterocycles. The highest BCUT2D eigenvalue weighted by Crippen LogP contribution is 2.11. The average molecular weight is 203 g/mol. The molecule has 14 heavy (non-hydrogen) atoms. The molecule has 0 bridgehead atoms. The summed E-state index contributed by atoms with van der Waals surface area (Å²) in [5.74, 6) is -0.180. The number of aliphatic hydroxyl groups excluding tert-OH is 1. The molecule has 0 aromatic heterocycles. The predicted octanol–water partition coefficient (Wildman–Crippen LogP) is 0.642. The standard InChI is InChI=1S/C10H21NO3/c1-10(2,8-12)11(3)7-5-6-9(13)14-4/h12H,5-8H2,1-4H3. The number of esters is 1. The first-order valence-corrected chi connectivity index (χ1v) is 4.83. The van der Waals surface area contributed by atoms with Crippen molar-refractivity contribution in [2.24, 2.45) is 0 Å². The van der Waals surface area contributed by atoms with Crippen molar-refractivity contribution in [3.05, 3.63) is 0 Å². The lowest BCUT2D eigenvalue weighted by Gasteiger charge is -2.33. The van der Waals surface area contributed by atoms with Crippen LogP contribution in [0, 0.1) is 0 Å². The van der Waals surface area contributed by atoms with E-state index in [4.69, 9.17) is 5.11 Å². The lowest BCUT2D eigenvalue weighted by molar-refractivity contribution is -0.140. The maximum Gasteiger partial charge on any atom is 0.305 e. The number of carbonyl (C=O) groups is 1. The minimum Gasteiger partial charge on any atom is -0.469 e. The van der Waals surface area contributed by atoms with E-state index in [9.17, 15) is 4.79 Å². The summed E-state index contributed by atoms with van der Waals surface area (Å²) in [5, 5.41) is 9.09. The summed E-state index contributed by atoms with van der Waals surface area (Å²) in [7, 11) is 3.33. The Kier molecular flexibility index (Phi) is 5.72. The number of nitrogens with zero attached hydrogens (tertiary/aromatic N) is 1.